The molecule has 0 bridgehead atoms. The van der Waals surface area contributed by atoms with Crippen LogP contribution in [0.4, 0.5) is 5.95 Å². The van der Waals surface area contributed by atoms with Gasteiger partial charge in [0.15, 0.2) is 0 Å². The number of methoxy groups -OCH3 is 1. The number of aromatic nitrogens is 2. The number of esters is 1. The number of ether oxygens (including phenoxy) is 2. The van der Waals surface area contributed by atoms with Gasteiger partial charge in [-0.15, -0.1) is 0 Å². The van der Waals surface area contributed by atoms with E-state index in [2.05, 4.69) is 15.3 Å². The van der Waals surface area contributed by atoms with Crippen LogP contribution in [0.1, 0.15) is 27.7 Å². The molecule has 1 aromatic rings. The van der Waals surface area contributed by atoms with Gasteiger partial charge in [0.25, 0.3) is 0 Å². The largest absolute Gasteiger partial charge is 0.475 e. The van der Waals surface area contributed by atoms with Crippen LogP contribution in [-0.4, -0.2) is 35.2 Å². The molecule has 0 spiro atoms. The Kier molecular flexibility index (Phi) is 5.54. The van der Waals surface area contributed by atoms with E-state index < -0.39 is 6.04 Å². The van der Waals surface area contributed by atoms with Crippen LogP contribution < -0.4 is 10.1 Å². The second-order valence-electron chi connectivity index (χ2n) is 4.77. The molecule has 0 aromatic carbocycles. The first-order valence-electron chi connectivity index (χ1n) is 6.28. The lowest BCUT2D eigenvalue weighted by Crippen LogP contribution is -2.36. The summed E-state index contributed by atoms with van der Waals surface area (Å²) < 4.78 is 10.2. The highest BCUT2D eigenvalue weighted by molar-refractivity contribution is 5.78. The third-order valence-electron chi connectivity index (χ3n) is 2.39. The highest BCUT2D eigenvalue weighted by Crippen LogP contribution is 2.14. The van der Waals surface area contributed by atoms with Gasteiger partial charge in [-0.25, -0.2) is 9.78 Å². The van der Waals surface area contributed by atoms with E-state index in [0.29, 0.717) is 11.8 Å². The molecule has 1 unspecified atom stereocenters. The maximum Gasteiger partial charge on any atom is 0.328 e. The van der Waals surface area contributed by atoms with Crippen LogP contribution in [0.25, 0.3) is 0 Å². The van der Waals surface area contributed by atoms with Crippen LogP contribution >= 0.6 is 0 Å². The minimum absolute atomic E-state index is 0.0317. The molecular weight excluding hydrogens is 246 g/mol. The van der Waals surface area contributed by atoms with Crippen LogP contribution in [0.2, 0.25) is 0 Å². The fourth-order valence-electron chi connectivity index (χ4n) is 1.48. The van der Waals surface area contributed by atoms with Crippen molar-refractivity contribution in [1.29, 1.82) is 0 Å². The van der Waals surface area contributed by atoms with Crippen molar-refractivity contribution in [3.63, 3.8) is 0 Å². The number of rotatable bonds is 6. The van der Waals surface area contributed by atoms with E-state index >= 15 is 0 Å². The molecule has 106 valence electrons. The summed E-state index contributed by atoms with van der Waals surface area (Å²) in [6.07, 6.45) is 1.62. The zero-order chi connectivity index (χ0) is 14.4. The summed E-state index contributed by atoms with van der Waals surface area (Å²) in [4.78, 5) is 19.9. The van der Waals surface area contributed by atoms with Crippen molar-refractivity contribution in [2.45, 2.75) is 39.8 Å². The lowest BCUT2D eigenvalue weighted by molar-refractivity contribution is -0.142. The average molecular weight is 267 g/mol. The Morgan fingerprint density at radius 1 is 1.32 bits per heavy atom. The molecule has 0 aliphatic rings. The van der Waals surface area contributed by atoms with E-state index in [1.165, 1.54) is 7.11 Å². The highest BCUT2D eigenvalue weighted by atomic mass is 16.5. The van der Waals surface area contributed by atoms with Crippen molar-refractivity contribution in [3.05, 3.63) is 12.3 Å². The number of hydrogen-bond acceptors (Lipinski definition) is 6. The van der Waals surface area contributed by atoms with Crippen LogP contribution in [-0.2, 0) is 9.53 Å². The molecule has 6 nitrogen and oxygen atoms in total. The van der Waals surface area contributed by atoms with E-state index in [-0.39, 0.29) is 18.0 Å². The Morgan fingerprint density at radius 2 is 2.00 bits per heavy atom. The summed E-state index contributed by atoms with van der Waals surface area (Å²) in [6.45, 7) is 7.67. The van der Waals surface area contributed by atoms with Gasteiger partial charge in [0.05, 0.1) is 13.2 Å². The first-order valence-corrected chi connectivity index (χ1v) is 6.28. The third-order valence-corrected chi connectivity index (χ3v) is 2.39. The van der Waals surface area contributed by atoms with Crippen molar-refractivity contribution in [3.8, 4) is 5.88 Å². The minimum Gasteiger partial charge on any atom is -0.475 e. The number of nitrogens with zero attached hydrogens (tertiary/aromatic N) is 2. The number of nitrogens with one attached hydrogen (secondary N) is 1. The van der Waals surface area contributed by atoms with E-state index in [0.717, 1.165) is 0 Å². The second kappa shape index (κ2) is 6.92. The van der Waals surface area contributed by atoms with Gasteiger partial charge in [0.2, 0.25) is 11.8 Å². The van der Waals surface area contributed by atoms with Gasteiger partial charge in [0.1, 0.15) is 6.04 Å². The van der Waals surface area contributed by atoms with Crippen molar-refractivity contribution in [2.24, 2.45) is 5.92 Å². The van der Waals surface area contributed by atoms with Gasteiger partial charge in [-0.2, -0.15) is 4.98 Å². The standard InChI is InChI=1S/C13H21N3O3/c1-8(2)11(12(17)18-5)16-13-14-7-6-10(15-13)19-9(3)4/h6-9,11H,1-5H3,(H,14,15,16). The molecule has 0 saturated carbocycles. The van der Waals surface area contributed by atoms with Crippen LogP contribution in [0, 0.1) is 5.92 Å². The molecule has 0 radical (unpaired) electrons. The maximum absolute atomic E-state index is 11.6. The molecule has 0 fully saturated rings. The fraction of sp³-hybridized carbons (Fsp3) is 0.615. The average Bonchev–Trinajstić information content (AvgIpc) is 2.34. The highest BCUT2D eigenvalue weighted by Gasteiger charge is 2.23. The van der Waals surface area contributed by atoms with Crippen molar-refractivity contribution < 1.29 is 14.3 Å². The zero-order valence-corrected chi connectivity index (χ0v) is 12.0. The summed E-state index contributed by atoms with van der Waals surface area (Å²) in [6, 6.07) is 1.19. The number of carbonyl (C=O) groups excluding carboxylic acids is 1. The SMILES string of the molecule is COC(=O)C(Nc1nccc(OC(C)C)n1)C(C)C. The topological polar surface area (TPSA) is 73.3 Å². The molecule has 0 amide bonds. The summed E-state index contributed by atoms with van der Waals surface area (Å²) >= 11 is 0. The van der Waals surface area contributed by atoms with E-state index in [9.17, 15) is 4.79 Å². The number of hydrogen-bond donors (Lipinski definition) is 1. The second-order valence-corrected chi connectivity index (χ2v) is 4.77. The Hall–Kier alpha value is -1.85. The first-order chi connectivity index (χ1) is 8.93. The smallest absolute Gasteiger partial charge is 0.328 e. The Morgan fingerprint density at radius 3 is 2.53 bits per heavy atom. The van der Waals surface area contributed by atoms with E-state index in [1.54, 1.807) is 12.3 Å². The molecular formula is C13H21N3O3. The molecule has 6 heteroatoms. The van der Waals surface area contributed by atoms with Gasteiger partial charge in [-0.1, -0.05) is 13.8 Å². The fourth-order valence-corrected chi connectivity index (χ4v) is 1.48. The van der Waals surface area contributed by atoms with Crippen LogP contribution in [0.15, 0.2) is 12.3 Å². The molecule has 1 N–H and O–H groups in total. The van der Waals surface area contributed by atoms with Gasteiger partial charge in [-0.05, 0) is 19.8 Å². The van der Waals surface area contributed by atoms with Crippen LogP contribution in [0.5, 0.6) is 5.88 Å². The molecule has 1 atom stereocenters. The Bertz CT molecular complexity index is 421. The Balaban J connectivity index is 2.82. The first kappa shape index (κ1) is 15.2. The molecule has 1 aromatic heterocycles. The predicted molar refractivity (Wildman–Crippen MR) is 72.1 cm³/mol. The number of carbonyl (C=O) groups is 1. The van der Waals surface area contributed by atoms with Crippen molar-refractivity contribution in [1.82, 2.24) is 9.97 Å². The van der Waals surface area contributed by atoms with Gasteiger partial charge < -0.3 is 14.8 Å². The monoisotopic (exact) mass is 267 g/mol. The molecule has 0 aliphatic carbocycles. The molecule has 0 aliphatic heterocycles. The molecule has 19 heavy (non-hydrogen) atoms. The predicted octanol–water partition coefficient (Wildman–Crippen LogP) is 1.87. The quantitative estimate of drug-likeness (QED) is 0.793. The molecule has 1 rings (SSSR count). The zero-order valence-electron chi connectivity index (χ0n) is 12.0. The van der Waals surface area contributed by atoms with Gasteiger partial charge in [-0.3, -0.25) is 0 Å². The summed E-state index contributed by atoms with van der Waals surface area (Å²) in [7, 11) is 1.36. The van der Waals surface area contributed by atoms with Gasteiger partial charge in [0, 0.05) is 12.3 Å². The lowest BCUT2D eigenvalue weighted by atomic mass is 10.1. The summed E-state index contributed by atoms with van der Waals surface area (Å²) in [5.41, 5.74) is 0. The lowest BCUT2D eigenvalue weighted by Gasteiger charge is -2.20. The summed E-state index contributed by atoms with van der Waals surface area (Å²) in [5, 5.41) is 2.97. The van der Waals surface area contributed by atoms with E-state index in [1.807, 2.05) is 27.7 Å². The minimum atomic E-state index is -0.487. The maximum atomic E-state index is 11.6. The van der Waals surface area contributed by atoms with Crippen molar-refractivity contribution in [2.75, 3.05) is 12.4 Å². The summed E-state index contributed by atoms with van der Waals surface area (Å²) in [5.74, 6) is 0.543. The normalized spacial score (nSPS) is 12.4. The van der Waals surface area contributed by atoms with Crippen molar-refractivity contribution >= 4 is 11.9 Å². The van der Waals surface area contributed by atoms with Gasteiger partial charge >= 0.3 is 5.97 Å². The molecule has 1 heterocycles. The van der Waals surface area contributed by atoms with E-state index in [4.69, 9.17) is 9.47 Å². The van der Waals surface area contributed by atoms with Crippen LogP contribution in [0.3, 0.4) is 0 Å². The molecule has 0 saturated heterocycles. The number of anilines is 1. The Labute approximate surface area is 113 Å². The third kappa shape index (κ3) is 4.73.